The molecule has 1 atom stereocenters. The number of likely N-dealkylation sites (tertiary alicyclic amines) is 1. The number of ether oxygens (including phenoxy) is 1. The summed E-state index contributed by atoms with van der Waals surface area (Å²) in [6, 6.07) is 3.63. The van der Waals surface area contributed by atoms with Gasteiger partial charge in [0.2, 0.25) is 0 Å². The van der Waals surface area contributed by atoms with Crippen molar-refractivity contribution in [3.05, 3.63) is 29.6 Å². The molecule has 0 saturated carbocycles. The topological polar surface area (TPSA) is 66.8 Å². The minimum Gasteiger partial charge on any atom is -0.478 e. The van der Waals surface area contributed by atoms with Crippen LogP contribution in [0, 0.1) is 5.82 Å². The predicted octanol–water partition coefficient (Wildman–Crippen LogP) is 1.13. The number of nitrogens with zero attached hydrogens (tertiary/aromatic N) is 1. The summed E-state index contributed by atoms with van der Waals surface area (Å²) in [5.41, 5.74) is -0.280. The number of halogens is 1. The van der Waals surface area contributed by atoms with E-state index in [4.69, 9.17) is 9.84 Å². The van der Waals surface area contributed by atoms with Gasteiger partial charge < -0.3 is 14.7 Å². The van der Waals surface area contributed by atoms with Gasteiger partial charge in [-0.15, -0.1) is 0 Å². The van der Waals surface area contributed by atoms with Crippen molar-refractivity contribution in [2.45, 2.75) is 12.5 Å². The van der Waals surface area contributed by atoms with E-state index in [0.29, 0.717) is 13.0 Å². The Kier molecular flexibility index (Phi) is 3.18. The lowest BCUT2D eigenvalue weighted by Crippen LogP contribution is -2.30. The molecule has 2 rings (SSSR count). The maximum absolute atomic E-state index is 13.6. The maximum atomic E-state index is 13.6. The summed E-state index contributed by atoms with van der Waals surface area (Å²) < 4.78 is 18.8. The number of rotatable bonds is 3. The Morgan fingerprint density at radius 3 is 2.83 bits per heavy atom. The number of hydrogen-bond donors (Lipinski definition) is 1. The third-order valence-electron chi connectivity index (χ3n) is 2.84. The van der Waals surface area contributed by atoms with E-state index in [2.05, 4.69) is 0 Å². The molecule has 1 N–H and O–H groups in total. The summed E-state index contributed by atoms with van der Waals surface area (Å²) in [5, 5.41) is 8.94. The fraction of sp³-hybridized carbons (Fsp3) is 0.333. The fourth-order valence-corrected chi connectivity index (χ4v) is 1.84. The van der Waals surface area contributed by atoms with Crippen molar-refractivity contribution in [2.75, 3.05) is 13.6 Å². The molecule has 5 nitrogen and oxygen atoms in total. The fourth-order valence-electron chi connectivity index (χ4n) is 1.84. The van der Waals surface area contributed by atoms with Crippen molar-refractivity contribution in [3.63, 3.8) is 0 Å². The quantitative estimate of drug-likeness (QED) is 0.877. The predicted molar refractivity (Wildman–Crippen MR) is 60.0 cm³/mol. The number of amides is 1. The first-order valence-corrected chi connectivity index (χ1v) is 5.44. The minimum absolute atomic E-state index is 0.269. The average Bonchev–Trinajstić information content (AvgIpc) is 2.63. The molecule has 96 valence electrons. The van der Waals surface area contributed by atoms with Crippen LogP contribution >= 0.6 is 0 Å². The van der Waals surface area contributed by atoms with Crippen LogP contribution in [0.4, 0.5) is 4.39 Å². The molecule has 6 heteroatoms. The summed E-state index contributed by atoms with van der Waals surface area (Å²) in [5.74, 6) is -2.71. The van der Waals surface area contributed by atoms with E-state index in [1.54, 1.807) is 7.05 Å². The molecule has 0 bridgehead atoms. The van der Waals surface area contributed by atoms with Crippen molar-refractivity contribution in [1.29, 1.82) is 0 Å². The maximum Gasteiger partial charge on any atom is 0.339 e. The van der Waals surface area contributed by atoms with Crippen LogP contribution in [0.15, 0.2) is 18.2 Å². The van der Waals surface area contributed by atoms with Gasteiger partial charge in [0, 0.05) is 20.0 Å². The second-order valence-electron chi connectivity index (χ2n) is 4.08. The zero-order valence-corrected chi connectivity index (χ0v) is 9.72. The molecular weight excluding hydrogens is 241 g/mol. The second-order valence-corrected chi connectivity index (χ2v) is 4.08. The van der Waals surface area contributed by atoms with E-state index in [1.807, 2.05) is 0 Å². The lowest BCUT2D eigenvalue weighted by molar-refractivity contribution is -0.132. The first kappa shape index (κ1) is 12.3. The van der Waals surface area contributed by atoms with Crippen molar-refractivity contribution in [3.8, 4) is 5.75 Å². The Balaban J connectivity index is 2.29. The van der Waals surface area contributed by atoms with Crippen LogP contribution in [0.5, 0.6) is 5.75 Å². The number of carboxylic acid groups (broad SMARTS) is 1. The third-order valence-corrected chi connectivity index (χ3v) is 2.84. The number of carbonyl (C=O) groups is 2. The molecule has 0 aliphatic carbocycles. The van der Waals surface area contributed by atoms with Gasteiger partial charge in [0.05, 0.1) is 0 Å². The van der Waals surface area contributed by atoms with E-state index in [0.717, 1.165) is 6.07 Å². The van der Waals surface area contributed by atoms with Crippen molar-refractivity contribution >= 4 is 11.9 Å². The smallest absolute Gasteiger partial charge is 0.339 e. The van der Waals surface area contributed by atoms with E-state index < -0.39 is 17.9 Å². The molecule has 1 aromatic carbocycles. The van der Waals surface area contributed by atoms with E-state index in [1.165, 1.54) is 17.0 Å². The van der Waals surface area contributed by atoms with E-state index in [9.17, 15) is 14.0 Å². The van der Waals surface area contributed by atoms with E-state index >= 15 is 0 Å². The first-order valence-electron chi connectivity index (χ1n) is 5.44. The number of hydrogen-bond acceptors (Lipinski definition) is 3. The SMILES string of the molecule is CN1CCC(Oc2c(F)cccc2C(=O)O)C1=O. The second kappa shape index (κ2) is 4.64. The molecule has 1 aliphatic rings. The largest absolute Gasteiger partial charge is 0.478 e. The zero-order valence-electron chi connectivity index (χ0n) is 9.72. The number of para-hydroxylation sites is 1. The molecule has 1 fully saturated rings. The van der Waals surface area contributed by atoms with Gasteiger partial charge in [-0.1, -0.05) is 6.07 Å². The number of aromatic carboxylic acids is 1. The highest BCUT2D eigenvalue weighted by atomic mass is 19.1. The molecule has 1 aromatic rings. The molecule has 18 heavy (non-hydrogen) atoms. The highest BCUT2D eigenvalue weighted by Gasteiger charge is 2.32. The van der Waals surface area contributed by atoms with Gasteiger partial charge in [-0.2, -0.15) is 0 Å². The van der Waals surface area contributed by atoms with Crippen molar-refractivity contribution in [1.82, 2.24) is 4.90 Å². The van der Waals surface area contributed by atoms with Crippen LogP contribution in [0.25, 0.3) is 0 Å². The molecular formula is C12H12FNO4. The molecule has 1 unspecified atom stereocenters. The summed E-state index contributed by atoms with van der Waals surface area (Å²) in [6.07, 6.45) is -0.395. The van der Waals surface area contributed by atoms with Gasteiger partial charge in [0.25, 0.3) is 5.91 Å². The Hall–Kier alpha value is -2.11. The number of carboxylic acids is 1. The van der Waals surface area contributed by atoms with Gasteiger partial charge in [0.1, 0.15) is 5.56 Å². The highest BCUT2D eigenvalue weighted by molar-refractivity contribution is 5.91. The molecule has 1 aliphatic heterocycles. The van der Waals surface area contributed by atoms with Gasteiger partial charge in [-0.3, -0.25) is 4.79 Å². The monoisotopic (exact) mass is 253 g/mol. The van der Waals surface area contributed by atoms with Gasteiger partial charge in [-0.05, 0) is 12.1 Å². The Bertz CT molecular complexity index is 503. The van der Waals surface area contributed by atoms with Crippen LogP contribution in [0.3, 0.4) is 0 Å². The van der Waals surface area contributed by atoms with Crippen LogP contribution in [0.2, 0.25) is 0 Å². The summed E-state index contributed by atoms with van der Waals surface area (Å²) in [4.78, 5) is 24.0. The zero-order chi connectivity index (χ0) is 13.3. The van der Waals surface area contributed by atoms with Crippen LogP contribution in [0.1, 0.15) is 16.8 Å². The van der Waals surface area contributed by atoms with Crippen LogP contribution in [-0.2, 0) is 4.79 Å². The Morgan fingerprint density at radius 2 is 2.28 bits per heavy atom. The molecule has 1 saturated heterocycles. The van der Waals surface area contributed by atoms with Gasteiger partial charge in [-0.25, -0.2) is 9.18 Å². The molecule has 1 amide bonds. The minimum atomic E-state index is -1.29. The summed E-state index contributed by atoms with van der Waals surface area (Å²) >= 11 is 0. The molecule has 0 aromatic heterocycles. The third kappa shape index (κ3) is 2.13. The first-order chi connectivity index (χ1) is 8.50. The Morgan fingerprint density at radius 1 is 1.56 bits per heavy atom. The Labute approximate surface area is 103 Å². The molecule has 1 heterocycles. The van der Waals surface area contributed by atoms with E-state index in [-0.39, 0.29) is 17.2 Å². The number of benzene rings is 1. The van der Waals surface area contributed by atoms with Crippen LogP contribution < -0.4 is 4.74 Å². The lowest BCUT2D eigenvalue weighted by Gasteiger charge is -2.15. The van der Waals surface area contributed by atoms with Gasteiger partial charge in [0.15, 0.2) is 17.7 Å². The summed E-state index contributed by atoms with van der Waals surface area (Å²) in [7, 11) is 1.62. The van der Waals surface area contributed by atoms with Gasteiger partial charge >= 0.3 is 5.97 Å². The number of carbonyl (C=O) groups excluding carboxylic acids is 1. The standard InChI is InChI=1S/C12H12FNO4/c1-14-6-5-9(11(14)15)18-10-7(12(16)17)3-2-4-8(10)13/h2-4,9H,5-6H2,1H3,(H,16,17). The van der Waals surface area contributed by atoms with Crippen molar-refractivity contribution < 1.29 is 23.8 Å². The highest BCUT2D eigenvalue weighted by Crippen LogP contribution is 2.26. The lowest BCUT2D eigenvalue weighted by atomic mass is 10.2. The molecule has 0 spiro atoms. The van der Waals surface area contributed by atoms with Crippen LogP contribution in [-0.4, -0.2) is 41.6 Å². The van der Waals surface area contributed by atoms with Crippen molar-refractivity contribution in [2.24, 2.45) is 0 Å². The normalized spacial score (nSPS) is 19.1. The number of likely N-dealkylation sites (N-methyl/N-ethyl adjacent to an activating group) is 1. The molecule has 0 radical (unpaired) electrons. The average molecular weight is 253 g/mol. The summed E-state index contributed by atoms with van der Waals surface area (Å²) in [6.45, 7) is 0.514.